The zero-order valence-electron chi connectivity index (χ0n) is 16.8. The SMILES string of the molecule is CN1[C@@H](Cc2ccccc2)[C@@H]2C[C@@]3(C)[C@H](CCCC[C@@H]13)N2C(=O)c1ccno1. The monoisotopic (exact) mass is 379 g/mol. The highest BCUT2D eigenvalue weighted by Gasteiger charge is 2.62. The molecule has 2 aromatic rings. The van der Waals surface area contributed by atoms with E-state index < -0.39 is 0 Å². The van der Waals surface area contributed by atoms with Crippen molar-refractivity contribution in [2.24, 2.45) is 5.41 Å². The maximum atomic E-state index is 13.5. The van der Waals surface area contributed by atoms with E-state index >= 15 is 0 Å². The van der Waals surface area contributed by atoms with Crippen molar-refractivity contribution in [2.45, 2.75) is 69.6 Å². The van der Waals surface area contributed by atoms with E-state index in [1.807, 2.05) is 0 Å². The lowest BCUT2D eigenvalue weighted by atomic mass is 9.69. The fourth-order valence-electron chi connectivity index (χ4n) is 6.44. The molecule has 0 unspecified atom stereocenters. The number of likely N-dealkylation sites (N-methyl/N-ethyl adjacent to an activating group) is 1. The van der Waals surface area contributed by atoms with Crippen molar-refractivity contribution in [3.8, 4) is 0 Å². The minimum atomic E-state index is 0.0187. The Morgan fingerprint density at radius 1 is 1.18 bits per heavy atom. The van der Waals surface area contributed by atoms with E-state index in [0.29, 0.717) is 17.8 Å². The summed E-state index contributed by atoms with van der Waals surface area (Å²) in [5, 5.41) is 3.78. The first-order valence-corrected chi connectivity index (χ1v) is 10.6. The molecule has 0 spiro atoms. The second-order valence-corrected chi connectivity index (χ2v) is 9.10. The third kappa shape index (κ3) is 2.63. The Morgan fingerprint density at radius 2 is 1.93 bits per heavy atom. The van der Waals surface area contributed by atoms with Crippen molar-refractivity contribution >= 4 is 5.91 Å². The molecule has 1 saturated carbocycles. The van der Waals surface area contributed by atoms with Gasteiger partial charge in [-0.2, -0.15) is 0 Å². The maximum Gasteiger partial charge on any atom is 0.293 e. The van der Waals surface area contributed by atoms with Crippen molar-refractivity contribution in [3.05, 3.63) is 53.9 Å². The van der Waals surface area contributed by atoms with E-state index in [9.17, 15) is 4.79 Å². The minimum absolute atomic E-state index is 0.0187. The van der Waals surface area contributed by atoms with Crippen LogP contribution in [0.3, 0.4) is 0 Å². The quantitative estimate of drug-likeness (QED) is 0.815. The molecule has 1 amide bonds. The third-order valence-electron chi connectivity index (χ3n) is 7.70. The van der Waals surface area contributed by atoms with Gasteiger partial charge in [0.15, 0.2) is 0 Å². The van der Waals surface area contributed by atoms with Crippen LogP contribution in [0.25, 0.3) is 0 Å². The van der Waals surface area contributed by atoms with Crippen molar-refractivity contribution < 1.29 is 9.32 Å². The molecule has 2 bridgehead atoms. The molecular weight excluding hydrogens is 350 g/mol. The highest BCUT2D eigenvalue weighted by atomic mass is 16.5. The fourth-order valence-corrected chi connectivity index (χ4v) is 6.44. The summed E-state index contributed by atoms with van der Waals surface area (Å²) in [7, 11) is 2.29. The number of hydrogen-bond donors (Lipinski definition) is 0. The molecule has 5 nitrogen and oxygen atoms in total. The normalized spacial score (nSPS) is 35.0. The Labute approximate surface area is 166 Å². The van der Waals surface area contributed by atoms with E-state index in [0.717, 1.165) is 19.3 Å². The molecule has 1 aromatic carbocycles. The number of fused-ring (bicyclic) bond motifs is 1. The van der Waals surface area contributed by atoms with Crippen molar-refractivity contribution in [2.75, 3.05) is 7.05 Å². The van der Waals surface area contributed by atoms with Gasteiger partial charge in [0.1, 0.15) is 0 Å². The Morgan fingerprint density at radius 3 is 2.64 bits per heavy atom. The van der Waals surface area contributed by atoms with E-state index in [2.05, 4.69) is 59.3 Å². The molecule has 2 aliphatic heterocycles. The molecule has 2 saturated heterocycles. The van der Waals surface area contributed by atoms with Crippen LogP contribution in [0, 0.1) is 5.41 Å². The summed E-state index contributed by atoms with van der Waals surface area (Å²) >= 11 is 0. The second-order valence-electron chi connectivity index (χ2n) is 9.10. The third-order valence-corrected chi connectivity index (χ3v) is 7.70. The molecule has 5 atom stereocenters. The van der Waals surface area contributed by atoms with Crippen LogP contribution >= 0.6 is 0 Å². The molecule has 148 valence electrons. The summed E-state index contributed by atoms with van der Waals surface area (Å²) < 4.78 is 5.28. The van der Waals surface area contributed by atoms with Gasteiger partial charge in [-0.3, -0.25) is 9.69 Å². The lowest BCUT2D eigenvalue weighted by molar-refractivity contribution is 0.0154. The average Bonchev–Trinajstić information content (AvgIpc) is 3.28. The molecule has 0 radical (unpaired) electrons. The van der Waals surface area contributed by atoms with Gasteiger partial charge in [0.2, 0.25) is 5.76 Å². The highest BCUT2D eigenvalue weighted by molar-refractivity contribution is 5.92. The Bertz CT molecular complexity index is 837. The molecule has 0 N–H and O–H groups in total. The van der Waals surface area contributed by atoms with Gasteiger partial charge < -0.3 is 9.42 Å². The van der Waals surface area contributed by atoms with Gasteiger partial charge in [-0.05, 0) is 38.3 Å². The highest BCUT2D eigenvalue weighted by Crippen LogP contribution is 2.55. The van der Waals surface area contributed by atoms with Crippen LogP contribution < -0.4 is 0 Å². The largest absolute Gasteiger partial charge is 0.351 e. The van der Waals surface area contributed by atoms with E-state index in [1.54, 1.807) is 12.3 Å². The Kier molecular flexibility index (Phi) is 4.31. The summed E-state index contributed by atoms with van der Waals surface area (Å²) in [6, 6.07) is 13.8. The summed E-state index contributed by atoms with van der Waals surface area (Å²) in [5.74, 6) is 0.392. The summed E-state index contributed by atoms with van der Waals surface area (Å²) in [6.07, 6.45) is 8.39. The van der Waals surface area contributed by atoms with E-state index in [-0.39, 0.29) is 23.4 Å². The van der Waals surface area contributed by atoms with E-state index in [1.165, 1.54) is 24.8 Å². The van der Waals surface area contributed by atoms with Crippen LogP contribution in [0.5, 0.6) is 0 Å². The van der Waals surface area contributed by atoms with Crippen LogP contribution in [0.15, 0.2) is 47.1 Å². The predicted molar refractivity (Wildman–Crippen MR) is 107 cm³/mol. The molecular formula is C23H29N3O2. The molecule has 1 aliphatic carbocycles. The van der Waals surface area contributed by atoms with E-state index in [4.69, 9.17) is 4.52 Å². The smallest absolute Gasteiger partial charge is 0.293 e. The number of likely N-dealkylation sites (tertiary alicyclic amines) is 2. The molecule has 1 aromatic heterocycles. The maximum absolute atomic E-state index is 13.5. The van der Waals surface area contributed by atoms with Gasteiger partial charge in [-0.15, -0.1) is 0 Å². The topological polar surface area (TPSA) is 49.6 Å². The fraction of sp³-hybridized carbons (Fsp3) is 0.565. The number of amides is 1. The number of nitrogens with zero attached hydrogens (tertiary/aromatic N) is 3. The number of rotatable bonds is 3. The first-order chi connectivity index (χ1) is 13.6. The van der Waals surface area contributed by atoms with Gasteiger partial charge in [0, 0.05) is 35.6 Å². The van der Waals surface area contributed by atoms with Crippen LogP contribution in [-0.4, -0.2) is 52.1 Å². The molecule has 3 aliphatic rings. The second kappa shape index (κ2) is 6.73. The van der Waals surface area contributed by atoms with Crippen LogP contribution in [0.2, 0.25) is 0 Å². The number of aromatic nitrogens is 1. The first-order valence-electron chi connectivity index (χ1n) is 10.6. The Balaban J connectivity index is 1.56. The molecule has 5 heteroatoms. The van der Waals surface area contributed by atoms with Crippen LogP contribution in [0.1, 0.15) is 55.1 Å². The zero-order chi connectivity index (χ0) is 19.3. The van der Waals surface area contributed by atoms with Gasteiger partial charge >= 0.3 is 0 Å². The average molecular weight is 380 g/mol. The molecule has 3 heterocycles. The van der Waals surface area contributed by atoms with Crippen molar-refractivity contribution in [1.82, 2.24) is 15.0 Å². The predicted octanol–water partition coefficient (Wildman–Crippen LogP) is 3.76. The zero-order valence-corrected chi connectivity index (χ0v) is 16.8. The lowest BCUT2D eigenvalue weighted by Gasteiger charge is -2.49. The number of benzene rings is 1. The van der Waals surface area contributed by atoms with Gasteiger partial charge in [-0.1, -0.05) is 55.3 Å². The van der Waals surface area contributed by atoms with Crippen molar-refractivity contribution in [3.63, 3.8) is 0 Å². The van der Waals surface area contributed by atoms with Gasteiger partial charge in [0.05, 0.1) is 6.20 Å². The minimum Gasteiger partial charge on any atom is -0.351 e. The summed E-state index contributed by atoms with van der Waals surface area (Å²) in [5.41, 5.74) is 1.49. The van der Waals surface area contributed by atoms with Crippen LogP contribution in [0.4, 0.5) is 0 Å². The van der Waals surface area contributed by atoms with Crippen LogP contribution in [-0.2, 0) is 6.42 Å². The standard InChI is InChI=1S/C23H29N3O2/c1-23-15-18-17(14-16-8-4-3-5-9-16)25(2)20(23)10-6-7-11-21(23)26(18)22(27)19-12-13-24-28-19/h3-5,8-9,12-13,17-18,20-21H,6-7,10-11,14-15H2,1-2H3/t17-,18-,20+,21-,23+/m0/s1. The summed E-state index contributed by atoms with van der Waals surface area (Å²) in [4.78, 5) is 18.3. The van der Waals surface area contributed by atoms with Gasteiger partial charge in [-0.25, -0.2) is 0 Å². The lowest BCUT2D eigenvalue weighted by Crippen LogP contribution is -2.58. The number of hydrogen-bond acceptors (Lipinski definition) is 4. The molecule has 3 fully saturated rings. The molecule has 5 rings (SSSR count). The number of piperidine rings is 1. The van der Waals surface area contributed by atoms with Crippen molar-refractivity contribution in [1.29, 1.82) is 0 Å². The Hall–Kier alpha value is -2.14. The first kappa shape index (κ1) is 17.9. The molecule has 28 heavy (non-hydrogen) atoms. The van der Waals surface area contributed by atoms with Gasteiger partial charge in [0.25, 0.3) is 5.91 Å². The summed E-state index contributed by atoms with van der Waals surface area (Å²) in [6.45, 7) is 2.42. The number of carbonyl (C=O) groups excluding carboxylic acids is 1. The number of carbonyl (C=O) groups is 1.